The maximum absolute atomic E-state index is 12.9. The Morgan fingerprint density at radius 1 is 0.765 bits per heavy atom. The van der Waals surface area contributed by atoms with Crippen molar-refractivity contribution in [1.82, 2.24) is 0 Å². The first-order valence-corrected chi connectivity index (χ1v) is 4.73. The fourth-order valence-corrected chi connectivity index (χ4v) is 1.34. The van der Waals surface area contributed by atoms with Crippen molar-refractivity contribution in [3.8, 4) is 0 Å². The molecular weight excluding hydrogens is 389 g/mol. The Bertz CT molecular complexity index is 258. The lowest BCUT2D eigenvalue weighted by molar-refractivity contribution is -0.316. The van der Waals surface area contributed by atoms with Gasteiger partial charge in [-0.2, -0.15) is 22.0 Å². The van der Waals surface area contributed by atoms with Crippen molar-refractivity contribution < 1.29 is 43.9 Å². The topological polar surface area (TPSA) is 0 Å². The van der Waals surface area contributed by atoms with Gasteiger partial charge in [-0.05, 0) is 22.6 Å². The van der Waals surface area contributed by atoms with Gasteiger partial charge < -0.3 is 0 Å². The molecule has 17 heavy (non-hydrogen) atoms. The third-order valence-electron chi connectivity index (χ3n) is 1.64. The van der Waals surface area contributed by atoms with Crippen LogP contribution >= 0.6 is 22.6 Å². The zero-order valence-electron chi connectivity index (χ0n) is 7.39. The first-order chi connectivity index (χ1) is 7.26. The standard InChI is InChI=1S/C6H3F10I/c7-1(3(9)10)2(8)4(11,17)5(12,13)6(14,15)16/h1-3H. The summed E-state index contributed by atoms with van der Waals surface area (Å²) >= 11 is -0.367. The molecule has 0 aliphatic rings. The second-order valence-corrected chi connectivity index (χ2v) is 4.45. The molecule has 0 aliphatic carbocycles. The van der Waals surface area contributed by atoms with E-state index in [0.29, 0.717) is 0 Å². The van der Waals surface area contributed by atoms with Gasteiger partial charge in [0.05, 0.1) is 0 Å². The van der Waals surface area contributed by atoms with Crippen LogP contribution in [-0.2, 0) is 0 Å². The fourth-order valence-electron chi connectivity index (χ4n) is 0.690. The molecule has 0 spiro atoms. The zero-order chi connectivity index (χ0) is 14.2. The fraction of sp³-hybridized carbons (Fsp3) is 1.00. The molecule has 0 aromatic rings. The first-order valence-electron chi connectivity index (χ1n) is 3.65. The molecule has 3 unspecified atom stereocenters. The summed E-state index contributed by atoms with van der Waals surface area (Å²) in [6.45, 7) is 0. The maximum Gasteiger partial charge on any atom is 0.457 e. The molecule has 0 aromatic carbocycles. The molecule has 3 atom stereocenters. The number of hydrogen-bond donors (Lipinski definition) is 0. The molecule has 0 bridgehead atoms. The van der Waals surface area contributed by atoms with Crippen LogP contribution < -0.4 is 0 Å². The van der Waals surface area contributed by atoms with Crippen molar-refractivity contribution in [1.29, 1.82) is 0 Å². The molecule has 0 aromatic heterocycles. The minimum atomic E-state index is -6.53. The molecule has 0 fully saturated rings. The van der Waals surface area contributed by atoms with E-state index >= 15 is 0 Å². The summed E-state index contributed by atoms with van der Waals surface area (Å²) in [7, 11) is 0. The van der Waals surface area contributed by atoms with Gasteiger partial charge in [-0.3, -0.25) is 0 Å². The average Bonchev–Trinajstić information content (AvgIpc) is 2.13. The van der Waals surface area contributed by atoms with Gasteiger partial charge >= 0.3 is 12.1 Å². The number of rotatable bonds is 4. The van der Waals surface area contributed by atoms with E-state index in [9.17, 15) is 43.9 Å². The van der Waals surface area contributed by atoms with Crippen molar-refractivity contribution in [3.05, 3.63) is 0 Å². The predicted octanol–water partition coefficient (Wildman–Crippen LogP) is 4.23. The minimum Gasteiger partial charge on any atom is -0.239 e. The van der Waals surface area contributed by atoms with Crippen LogP contribution in [0.1, 0.15) is 0 Å². The van der Waals surface area contributed by atoms with Crippen LogP contribution in [-0.4, -0.2) is 34.5 Å². The van der Waals surface area contributed by atoms with E-state index in [0.717, 1.165) is 0 Å². The average molecular weight is 392 g/mol. The molecule has 0 heterocycles. The Labute approximate surface area is 101 Å². The summed E-state index contributed by atoms with van der Waals surface area (Å²) < 4.78 is 116. The summed E-state index contributed by atoms with van der Waals surface area (Å²) in [5.74, 6) is -6.31. The van der Waals surface area contributed by atoms with Crippen molar-refractivity contribution in [2.75, 3.05) is 0 Å². The number of alkyl halides is 11. The van der Waals surface area contributed by atoms with E-state index in [1.165, 1.54) is 0 Å². The normalized spacial score (nSPS) is 21.2. The minimum absolute atomic E-state index is 0.367. The third-order valence-corrected chi connectivity index (χ3v) is 2.91. The van der Waals surface area contributed by atoms with Crippen LogP contribution in [0.2, 0.25) is 0 Å². The Kier molecular flexibility index (Phi) is 4.97. The summed E-state index contributed by atoms with van der Waals surface area (Å²) in [5, 5.41) is 0. The van der Waals surface area contributed by atoms with Crippen LogP contribution in [0.5, 0.6) is 0 Å². The molecule has 0 nitrogen and oxygen atoms in total. The molecule has 11 heteroatoms. The van der Waals surface area contributed by atoms with E-state index in [-0.39, 0.29) is 22.6 Å². The number of hydrogen-bond acceptors (Lipinski definition) is 0. The lowest BCUT2D eigenvalue weighted by Gasteiger charge is -2.33. The molecule has 0 rings (SSSR count). The van der Waals surface area contributed by atoms with E-state index in [4.69, 9.17) is 0 Å². The highest BCUT2D eigenvalue weighted by Gasteiger charge is 2.75. The third kappa shape index (κ3) is 3.08. The first kappa shape index (κ1) is 17.0. The summed E-state index contributed by atoms with van der Waals surface area (Å²) in [4.78, 5) is 0. The largest absolute Gasteiger partial charge is 0.457 e. The van der Waals surface area contributed by atoms with Crippen LogP contribution in [0.4, 0.5) is 43.9 Å². The zero-order valence-corrected chi connectivity index (χ0v) is 9.55. The van der Waals surface area contributed by atoms with Crippen molar-refractivity contribution in [3.63, 3.8) is 0 Å². The smallest absolute Gasteiger partial charge is 0.239 e. The van der Waals surface area contributed by atoms with Crippen LogP contribution in [0.25, 0.3) is 0 Å². The highest BCUT2D eigenvalue weighted by atomic mass is 127. The second-order valence-electron chi connectivity index (χ2n) is 2.88. The lowest BCUT2D eigenvalue weighted by Crippen LogP contribution is -2.58. The predicted molar refractivity (Wildman–Crippen MR) is 44.7 cm³/mol. The Hall–Kier alpha value is 0.0300. The molecule has 0 amide bonds. The lowest BCUT2D eigenvalue weighted by atomic mass is 10.1. The number of halogens is 11. The molecule has 0 N–H and O–H groups in total. The summed E-state index contributed by atoms with van der Waals surface area (Å²) in [6.07, 6.45) is -19.2. The molecule has 0 saturated carbocycles. The van der Waals surface area contributed by atoms with Gasteiger partial charge in [0.25, 0.3) is 10.1 Å². The molecular formula is C6H3F10I. The van der Waals surface area contributed by atoms with E-state index in [1.54, 1.807) is 0 Å². The van der Waals surface area contributed by atoms with Crippen LogP contribution in [0.15, 0.2) is 0 Å². The van der Waals surface area contributed by atoms with E-state index in [2.05, 4.69) is 0 Å². The van der Waals surface area contributed by atoms with Crippen molar-refractivity contribution in [2.45, 2.75) is 34.5 Å². The van der Waals surface area contributed by atoms with Gasteiger partial charge in [0.15, 0.2) is 12.3 Å². The van der Waals surface area contributed by atoms with Crippen LogP contribution in [0, 0.1) is 0 Å². The van der Waals surface area contributed by atoms with Crippen LogP contribution in [0.3, 0.4) is 0 Å². The Balaban J connectivity index is 5.27. The van der Waals surface area contributed by atoms with Crippen molar-refractivity contribution >= 4 is 22.6 Å². The van der Waals surface area contributed by atoms with Crippen molar-refractivity contribution in [2.24, 2.45) is 0 Å². The van der Waals surface area contributed by atoms with Gasteiger partial charge in [-0.1, -0.05) is 0 Å². The molecule has 0 saturated heterocycles. The molecule has 104 valence electrons. The summed E-state index contributed by atoms with van der Waals surface area (Å²) in [5.41, 5.74) is 0. The quantitative estimate of drug-likeness (QED) is 0.382. The Morgan fingerprint density at radius 3 is 1.35 bits per heavy atom. The Morgan fingerprint density at radius 2 is 1.12 bits per heavy atom. The van der Waals surface area contributed by atoms with E-state index in [1.807, 2.05) is 0 Å². The monoisotopic (exact) mass is 392 g/mol. The second kappa shape index (κ2) is 4.96. The maximum atomic E-state index is 12.9. The summed E-state index contributed by atoms with van der Waals surface area (Å²) in [6, 6.07) is 0. The van der Waals surface area contributed by atoms with Gasteiger partial charge in [0.1, 0.15) is 0 Å². The molecule has 0 radical (unpaired) electrons. The molecule has 0 aliphatic heterocycles. The van der Waals surface area contributed by atoms with Gasteiger partial charge in [-0.25, -0.2) is 22.0 Å². The van der Waals surface area contributed by atoms with E-state index < -0.39 is 34.5 Å². The SMILES string of the molecule is FC(F)C(F)C(F)C(F)(I)C(F)(F)C(F)(F)F. The highest BCUT2D eigenvalue weighted by Crippen LogP contribution is 2.52. The van der Waals surface area contributed by atoms with Gasteiger partial charge in [0.2, 0.25) is 0 Å². The van der Waals surface area contributed by atoms with Gasteiger partial charge in [-0.15, -0.1) is 0 Å². The highest BCUT2D eigenvalue weighted by molar-refractivity contribution is 14.1. The van der Waals surface area contributed by atoms with Gasteiger partial charge in [0, 0.05) is 0 Å².